The second-order valence-electron chi connectivity index (χ2n) is 7.99. The van der Waals surface area contributed by atoms with Gasteiger partial charge in [-0.25, -0.2) is 27.7 Å². The average Bonchev–Trinajstić information content (AvgIpc) is 3.43. The number of nitrogens with one attached hydrogen (secondary N) is 2. The first-order valence-corrected chi connectivity index (χ1v) is 10.5. The third kappa shape index (κ3) is 3.88. The van der Waals surface area contributed by atoms with Crippen LogP contribution in [-0.4, -0.2) is 86.0 Å². The predicted octanol–water partition coefficient (Wildman–Crippen LogP) is 1.70. The summed E-state index contributed by atoms with van der Waals surface area (Å²) < 4.78 is 74.9. The molecule has 0 aliphatic carbocycles. The van der Waals surface area contributed by atoms with E-state index in [2.05, 4.69) is 30.7 Å². The highest BCUT2D eigenvalue weighted by molar-refractivity contribution is 5.93. The predicted molar refractivity (Wildman–Crippen MR) is 119 cm³/mol. The van der Waals surface area contributed by atoms with E-state index in [1.807, 2.05) is 0 Å². The van der Waals surface area contributed by atoms with E-state index in [0.717, 1.165) is 15.6 Å². The van der Waals surface area contributed by atoms with Crippen LogP contribution in [0.3, 0.4) is 0 Å². The number of alkyl halides is 2. The molecule has 14 heteroatoms. The summed E-state index contributed by atoms with van der Waals surface area (Å²) in [7, 11) is 2.74. The Morgan fingerprint density at radius 2 is 2.11 bits per heavy atom. The molecule has 0 radical (unpaired) electrons. The number of halogens is 3. The van der Waals surface area contributed by atoms with E-state index in [4.69, 9.17) is 8.85 Å². The highest BCUT2D eigenvalue weighted by atomic mass is 19.3. The Labute approximate surface area is 201 Å². The van der Waals surface area contributed by atoms with Gasteiger partial charge in [-0.1, -0.05) is 0 Å². The number of carbonyl (C=O) groups is 1. The Bertz CT molecular complexity index is 1540. The molecule has 2 N–H and O–H groups in total. The van der Waals surface area contributed by atoms with Crippen molar-refractivity contribution in [1.82, 2.24) is 39.2 Å². The van der Waals surface area contributed by atoms with Gasteiger partial charge in [0.1, 0.15) is 11.2 Å². The number of likely N-dealkylation sites (tertiary alicyclic amines) is 1. The van der Waals surface area contributed by atoms with Gasteiger partial charge in [0.05, 0.1) is 37.7 Å². The van der Waals surface area contributed by atoms with E-state index in [0.29, 0.717) is 0 Å². The van der Waals surface area contributed by atoms with Crippen molar-refractivity contribution >= 4 is 23.1 Å². The summed E-state index contributed by atoms with van der Waals surface area (Å²) in [6.45, 7) is -3.69. The van der Waals surface area contributed by atoms with Crippen LogP contribution >= 0.6 is 0 Å². The summed E-state index contributed by atoms with van der Waals surface area (Å²) in [6.07, 6.45) is 5.01. The molecular weight excluding hydrogens is 467 g/mol. The van der Waals surface area contributed by atoms with Crippen LogP contribution in [0, 0.1) is 5.82 Å². The van der Waals surface area contributed by atoms with Gasteiger partial charge in [0.2, 0.25) is 17.6 Å². The minimum Gasteiger partial charge on any atom is -0.479 e. The van der Waals surface area contributed by atoms with Gasteiger partial charge in [-0.3, -0.25) is 9.20 Å². The molecule has 1 atom stereocenters. The van der Waals surface area contributed by atoms with Crippen molar-refractivity contribution in [2.24, 2.45) is 0 Å². The summed E-state index contributed by atoms with van der Waals surface area (Å²) in [6, 6.07) is -1.46. The van der Waals surface area contributed by atoms with Gasteiger partial charge in [0.15, 0.2) is 5.82 Å². The molecule has 11 nitrogen and oxygen atoms in total. The van der Waals surface area contributed by atoms with Gasteiger partial charge in [-0.15, -0.1) is 5.10 Å². The van der Waals surface area contributed by atoms with Crippen LogP contribution in [0.25, 0.3) is 22.4 Å². The molecule has 1 saturated heterocycles. The Hall–Kier alpha value is -3.94. The maximum absolute atomic E-state index is 15.3. The van der Waals surface area contributed by atoms with Crippen molar-refractivity contribution < 1.29 is 26.8 Å². The highest BCUT2D eigenvalue weighted by Crippen LogP contribution is 2.35. The molecule has 5 rings (SSSR count). The third-order valence-corrected chi connectivity index (χ3v) is 5.76. The first-order valence-electron chi connectivity index (χ1n) is 12.0. The quantitative estimate of drug-likeness (QED) is 0.433. The molecule has 4 aromatic rings. The number of nitrogens with zero attached hydrogens (tertiary/aromatic N) is 7. The summed E-state index contributed by atoms with van der Waals surface area (Å²) in [5.41, 5.74) is 0.547. The number of hydrogen-bond donors (Lipinski definition) is 2. The second-order valence-corrected chi connectivity index (χ2v) is 7.99. The summed E-state index contributed by atoms with van der Waals surface area (Å²) in [5.74, 6) is -4.70. The summed E-state index contributed by atoms with van der Waals surface area (Å²) in [4.78, 5) is 25.3. The highest BCUT2D eigenvalue weighted by Gasteiger charge is 2.44. The number of ether oxygens (including phenoxy) is 1. The van der Waals surface area contributed by atoms with Crippen LogP contribution in [-0.2, 0) is 0 Å². The third-order valence-electron chi connectivity index (χ3n) is 5.76. The number of aromatic nitrogens is 6. The zero-order valence-corrected chi connectivity index (χ0v) is 18.6. The first kappa shape index (κ1) is 19.4. The molecule has 35 heavy (non-hydrogen) atoms. The zero-order valence-electron chi connectivity index (χ0n) is 21.6. The Morgan fingerprint density at radius 3 is 2.83 bits per heavy atom. The zero-order chi connectivity index (χ0) is 27.4. The van der Waals surface area contributed by atoms with Crippen molar-refractivity contribution in [1.29, 1.82) is 0 Å². The number of hydrogen-bond acceptors (Lipinski definition) is 8. The molecule has 0 spiro atoms. The lowest BCUT2D eigenvalue weighted by Crippen LogP contribution is -2.53. The van der Waals surface area contributed by atoms with Gasteiger partial charge < -0.3 is 20.3 Å². The van der Waals surface area contributed by atoms with Crippen LogP contribution in [0.4, 0.5) is 19.1 Å². The lowest BCUT2D eigenvalue weighted by molar-refractivity contribution is -0.0675. The molecule has 0 aromatic carbocycles. The molecular formula is C21H22F3N9O2. The lowest BCUT2D eigenvalue weighted by atomic mass is 10.0. The average molecular weight is 492 g/mol. The van der Waals surface area contributed by atoms with E-state index in [-0.39, 0.29) is 52.9 Å². The van der Waals surface area contributed by atoms with E-state index < -0.39 is 37.2 Å². The minimum atomic E-state index is -3.40. The topological polar surface area (TPSA) is 114 Å². The van der Waals surface area contributed by atoms with Crippen LogP contribution in [0.2, 0.25) is 0 Å². The number of fused-ring (bicyclic) bond motifs is 2. The van der Waals surface area contributed by atoms with E-state index in [9.17, 15) is 13.6 Å². The van der Waals surface area contributed by atoms with Crippen LogP contribution in [0.1, 0.15) is 21.0 Å². The van der Waals surface area contributed by atoms with Gasteiger partial charge >= 0.3 is 0 Å². The van der Waals surface area contributed by atoms with Gasteiger partial charge in [-0.05, 0) is 13.4 Å². The van der Waals surface area contributed by atoms with Crippen molar-refractivity contribution in [3.05, 3.63) is 36.3 Å². The molecule has 4 aromatic heterocycles. The Balaban J connectivity index is 1.52. The monoisotopic (exact) mass is 492 g/mol. The standard InChI is InChI=1S/C21H22F3N9O2/c1-25-17(34)13-7-27-20-26-6-11(8-32(13)20)15-12(22)9-33-16(15)18(35-3)29-19(30-33)28-14-4-5-31(2)10-21(14,23)24/h6-9,14H,4-5,10H2,1-3H3,(H,25,34)(H,28,30)/t14-/m1/s1/i2D3. The van der Waals surface area contributed by atoms with Crippen molar-refractivity contribution in [2.75, 3.05) is 39.5 Å². The largest absolute Gasteiger partial charge is 0.479 e. The molecule has 1 amide bonds. The molecule has 5 heterocycles. The molecule has 0 bridgehead atoms. The first-order chi connectivity index (χ1) is 17.9. The van der Waals surface area contributed by atoms with Crippen LogP contribution in [0.5, 0.6) is 5.88 Å². The minimum absolute atomic E-state index is 0.00988. The maximum Gasteiger partial charge on any atom is 0.280 e. The van der Waals surface area contributed by atoms with Gasteiger partial charge in [0.25, 0.3) is 11.8 Å². The van der Waals surface area contributed by atoms with Gasteiger partial charge in [-0.2, -0.15) is 4.98 Å². The van der Waals surface area contributed by atoms with E-state index in [1.165, 1.54) is 37.1 Å². The number of rotatable bonds is 5. The van der Waals surface area contributed by atoms with Gasteiger partial charge in [0, 0.05) is 35.7 Å². The fraction of sp³-hybridized carbons (Fsp3) is 0.381. The SMILES string of the molecule is [2H]C([2H])([2H])N1CC[C@@H](Nc2nc(OC)c3c(-c4cnc5ncc(C(=O)NC)n5c4)c(F)cn3n2)C(F)(F)C1. The van der Waals surface area contributed by atoms with Crippen molar-refractivity contribution in [3.8, 4) is 17.0 Å². The normalized spacial score (nSPS) is 19.8. The van der Waals surface area contributed by atoms with Crippen molar-refractivity contribution in [3.63, 3.8) is 0 Å². The second kappa shape index (κ2) is 8.37. The van der Waals surface area contributed by atoms with E-state index in [1.54, 1.807) is 0 Å². The number of imidazole rings is 1. The molecule has 1 fully saturated rings. The molecule has 0 unspecified atom stereocenters. The maximum atomic E-state index is 15.3. The lowest BCUT2D eigenvalue weighted by Gasteiger charge is -2.36. The Kier molecular flexibility index (Phi) is 4.64. The smallest absolute Gasteiger partial charge is 0.280 e. The molecule has 1 aliphatic rings. The number of carbonyl (C=O) groups excluding carboxylic acids is 1. The van der Waals surface area contributed by atoms with Crippen LogP contribution < -0.4 is 15.4 Å². The number of piperidine rings is 1. The van der Waals surface area contributed by atoms with Crippen LogP contribution in [0.15, 0.2) is 24.8 Å². The molecule has 1 aliphatic heterocycles. The molecule has 0 saturated carbocycles. The van der Waals surface area contributed by atoms with E-state index >= 15 is 4.39 Å². The fourth-order valence-corrected chi connectivity index (χ4v) is 4.07. The summed E-state index contributed by atoms with van der Waals surface area (Å²) >= 11 is 0. The number of amides is 1. The Morgan fingerprint density at radius 1 is 1.31 bits per heavy atom. The number of anilines is 1. The number of methoxy groups -OCH3 is 1. The molecule has 184 valence electrons. The summed E-state index contributed by atoms with van der Waals surface area (Å²) in [5, 5.41) is 9.18. The fourth-order valence-electron chi connectivity index (χ4n) is 4.07. The van der Waals surface area contributed by atoms with Crippen molar-refractivity contribution in [2.45, 2.75) is 18.4 Å².